The normalized spacial score (nSPS) is 12.8. The molecule has 0 aliphatic rings. The Morgan fingerprint density at radius 2 is 2.38 bits per heavy atom. The molecule has 1 heterocycles. The number of nitrogen functional groups attached to an aromatic ring is 1. The molecule has 1 aromatic rings. The summed E-state index contributed by atoms with van der Waals surface area (Å²) in [6.07, 6.45) is 0. The van der Waals surface area contributed by atoms with Gasteiger partial charge in [-0.1, -0.05) is 0 Å². The SMILES string of the molecule is COCC(C)Nc1snc(N)c1C. The number of methoxy groups -OCH3 is 1. The monoisotopic (exact) mass is 201 g/mol. The number of nitrogens with zero attached hydrogens (tertiary/aromatic N) is 1. The molecule has 3 N–H and O–H groups in total. The van der Waals surface area contributed by atoms with Gasteiger partial charge in [-0.2, -0.15) is 4.37 Å². The molecule has 0 aliphatic heterocycles. The summed E-state index contributed by atoms with van der Waals surface area (Å²) in [5.74, 6) is 0.608. The molecule has 0 aromatic carbocycles. The summed E-state index contributed by atoms with van der Waals surface area (Å²) < 4.78 is 9.06. The lowest BCUT2D eigenvalue weighted by molar-refractivity contribution is 0.190. The third-order valence-electron chi connectivity index (χ3n) is 1.75. The van der Waals surface area contributed by atoms with Crippen molar-refractivity contribution < 1.29 is 4.74 Å². The maximum atomic E-state index is 5.62. The topological polar surface area (TPSA) is 60.2 Å². The summed E-state index contributed by atoms with van der Waals surface area (Å²) in [7, 11) is 1.69. The summed E-state index contributed by atoms with van der Waals surface area (Å²) in [5, 5.41) is 4.31. The van der Waals surface area contributed by atoms with Crippen molar-refractivity contribution in [2.45, 2.75) is 19.9 Å². The highest BCUT2D eigenvalue weighted by Crippen LogP contribution is 2.25. The largest absolute Gasteiger partial charge is 0.383 e. The average molecular weight is 201 g/mol. The predicted octanol–water partition coefficient (Wildman–Crippen LogP) is 1.48. The van der Waals surface area contributed by atoms with Crippen LogP contribution in [-0.2, 0) is 4.74 Å². The lowest BCUT2D eigenvalue weighted by Gasteiger charge is -2.12. The molecular weight excluding hydrogens is 186 g/mol. The van der Waals surface area contributed by atoms with E-state index in [1.54, 1.807) is 7.11 Å². The molecule has 0 aliphatic carbocycles. The van der Waals surface area contributed by atoms with Gasteiger partial charge in [0.2, 0.25) is 0 Å². The van der Waals surface area contributed by atoms with Crippen LogP contribution in [0.25, 0.3) is 0 Å². The molecule has 0 spiro atoms. The molecule has 0 bridgehead atoms. The van der Waals surface area contributed by atoms with E-state index >= 15 is 0 Å². The van der Waals surface area contributed by atoms with E-state index in [0.717, 1.165) is 10.6 Å². The van der Waals surface area contributed by atoms with Crippen molar-refractivity contribution in [3.8, 4) is 0 Å². The second-order valence-electron chi connectivity index (χ2n) is 3.02. The summed E-state index contributed by atoms with van der Waals surface area (Å²) >= 11 is 1.39. The van der Waals surface area contributed by atoms with Crippen LogP contribution in [-0.4, -0.2) is 24.1 Å². The zero-order valence-corrected chi connectivity index (χ0v) is 8.94. The molecule has 1 rings (SSSR count). The van der Waals surface area contributed by atoms with Crippen molar-refractivity contribution in [2.24, 2.45) is 0 Å². The fraction of sp³-hybridized carbons (Fsp3) is 0.625. The van der Waals surface area contributed by atoms with Crippen molar-refractivity contribution in [1.29, 1.82) is 0 Å². The molecule has 4 nitrogen and oxygen atoms in total. The van der Waals surface area contributed by atoms with Crippen molar-refractivity contribution in [2.75, 3.05) is 24.8 Å². The number of nitrogens with one attached hydrogen (secondary N) is 1. The molecule has 5 heteroatoms. The number of hydrogen-bond acceptors (Lipinski definition) is 5. The van der Waals surface area contributed by atoms with Crippen LogP contribution in [0.4, 0.5) is 10.8 Å². The first-order valence-corrected chi connectivity index (χ1v) is 4.89. The Labute approximate surface area is 82.3 Å². The van der Waals surface area contributed by atoms with Crippen LogP contribution in [0.1, 0.15) is 12.5 Å². The predicted molar refractivity (Wildman–Crippen MR) is 56.2 cm³/mol. The molecule has 0 saturated heterocycles. The third-order valence-corrected chi connectivity index (χ3v) is 2.65. The first-order chi connectivity index (χ1) is 6.15. The van der Waals surface area contributed by atoms with E-state index < -0.39 is 0 Å². The number of ether oxygens (including phenoxy) is 1. The summed E-state index contributed by atoms with van der Waals surface area (Å²) in [6, 6.07) is 0.281. The van der Waals surface area contributed by atoms with E-state index in [-0.39, 0.29) is 6.04 Å². The number of rotatable bonds is 4. The minimum atomic E-state index is 0.281. The molecule has 1 aromatic heterocycles. The molecular formula is C8H15N3OS. The molecule has 0 saturated carbocycles. The molecule has 1 unspecified atom stereocenters. The standard InChI is InChI=1S/C8H15N3OS/c1-5(4-12-3)10-8-6(2)7(9)11-13-8/h5,10H,4H2,1-3H3,(H2,9,11). The van der Waals surface area contributed by atoms with Gasteiger partial charge < -0.3 is 15.8 Å². The second kappa shape index (κ2) is 4.43. The zero-order chi connectivity index (χ0) is 9.84. The van der Waals surface area contributed by atoms with Crippen LogP contribution in [0, 0.1) is 6.92 Å². The van der Waals surface area contributed by atoms with Crippen LogP contribution in [0.2, 0.25) is 0 Å². The van der Waals surface area contributed by atoms with Gasteiger partial charge in [0.25, 0.3) is 0 Å². The molecule has 1 atom stereocenters. The van der Waals surface area contributed by atoms with Gasteiger partial charge in [-0.3, -0.25) is 0 Å². The van der Waals surface area contributed by atoms with Gasteiger partial charge >= 0.3 is 0 Å². The van der Waals surface area contributed by atoms with Crippen molar-refractivity contribution in [3.05, 3.63) is 5.56 Å². The average Bonchev–Trinajstić information content (AvgIpc) is 2.37. The third kappa shape index (κ3) is 2.57. The van der Waals surface area contributed by atoms with E-state index in [1.807, 2.05) is 6.92 Å². The molecule has 0 fully saturated rings. The van der Waals surface area contributed by atoms with E-state index in [4.69, 9.17) is 10.5 Å². The lowest BCUT2D eigenvalue weighted by Crippen LogP contribution is -2.20. The first-order valence-electron chi connectivity index (χ1n) is 4.12. The van der Waals surface area contributed by atoms with Gasteiger partial charge in [-0.05, 0) is 25.4 Å². The lowest BCUT2D eigenvalue weighted by atomic mass is 10.3. The van der Waals surface area contributed by atoms with E-state index in [0.29, 0.717) is 12.4 Å². The van der Waals surface area contributed by atoms with Gasteiger partial charge in [0, 0.05) is 18.7 Å². The van der Waals surface area contributed by atoms with Gasteiger partial charge in [-0.15, -0.1) is 0 Å². The van der Waals surface area contributed by atoms with E-state index in [9.17, 15) is 0 Å². The van der Waals surface area contributed by atoms with Crippen molar-refractivity contribution in [1.82, 2.24) is 4.37 Å². The number of anilines is 2. The Kier molecular flexibility index (Phi) is 3.50. The summed E-state index contributed by atoms with van der Waals surface area (Å²) in [6.45, 7) is 4.69. The van der Waals surface area contributed by atoms with Gasteiger partial charge in [0.15, 0.2) is 0 Å². The van der Waals surface area contributed by atoms with Crippen LogP contribution in [0.5, 0.6) is 0 Å². The van der Waals surface area contributed by atoms with Crippen LogP contribution >= 0.6 is 11.5 Å². The number of hydrogen-bond donors (Lipinski definition) is 2. The molecule has 0 amide bonds. The van der Waals surface area contributed by atoms with Crippen LogP contribution < -0.4 is 11.1 Å². The van der Waals surface area contributed by atoms with Crippen LogP contribution in [0.3, 0.4) is 0 Å². The second-order valence-corrected chi connectivity index (χ2v) is 3.80. The quantitative estimate of drug-likeness (QED) is 0.774. The Balaban J connectivity index is 2.58. The maximum Gasteiger partial charge on any atom is 0.142 e. The molecule has 13 heavy (non-hydrogen) atoms. The van der Waals surface area contributed by atoms with Crippen molar-refractivity contribution in [3.63, 3.8) is 0 Å². The van der Waals surface area contributed by atoms with Gasteiger partial charge in [-0.25, -0.2) is 0 Å². The van der Waals surface area contributed by atoms with Crippen molar-refractivity contribution >= 4 is 22.4 Å². The van der Waals surface area contributed by atoms with Gasteiger partial charge in [0.1, 0.15) is 10.8 Å². The maximum absolute atomic E-state index is 5.62. The van der Waals surface area contributed by atoms with E-state index in [2.05, 4.69) is 16.6 Å². The molecule has 74 valence electrons. The summed E-state index contributed by atoms with van der Waals surface area (Å²) in [4.78, 5) is 0. The first kappa shape index (κ1) is 10.3. The number of aromatic nitrogens is 1. The highest BCUT2D eigenvalue weighted by Gasteiger charge is 2.08. The Hall–Kier alpha value is -0.810. The fourth-order valence-electron chi connectivity index (χ4n) is 0.998. The zero-order valence-electron chi connectivity index (χ0n) is 8.13. The minimum Gasteiger partial charge on any atom is -0.383 e. The number of nitrogens with two attached hydrogens (primary N) is 1. The van der Waals surface area contributed by atoms with E-state index in [1.165, 1.54) is 11.5 Å². The minimum absolute atomic E-state index is 0.281. The highest BCUT2D eigenvalue weighted by atomic mass is 32.1. The molecule has 0 radical (unpaired) electrons. The Morgan fingerprint density at radius 1 is 1.69 bits per heavy atom. The fourth-order valence-corrected chi connectivity index (χ4v) is 1.82. The van der Waals surface area contributed by atoms with Gasteiger partial charge in [0.05, 0.1) is 6.61 Å². The Bertz CT molecular complexity index is 274. The highest BCUT2D eigenvalue weighted by molar-refractivity contribution is 7.10. The summed E-state index contributed by atoms with van der Waals surface area (Å²) in [5.41, 5.74) is 6.64. The Morgan fingerprint density at radius 3 is 2.85 bits per heavy atom. The van der Waals surface area contributed by atoms with Crippen LogP contribution in [0.15, 0.2) is 0 Å². The smallest absolute Gasteiger partial charge is 0.142 e.